The molecular weight excluding hydrogens is 378 g/mol. The fraction of sp³-hybridized carbons (Fsp3) is 0.273. The van der Waals surface area contributed by atoms with Gasteiger partial charge >= 0.3 is 0 Å². The topological polar surface area (TPSA) is 80.9 Å². The fourth-order valence-corrected chi connectivity index (χ4v) is 4.04. The first kappa shape index (κ1) is 18.4. The summed E-state index contributed by atoms with van der Waals surface area (Å²) in [6.07, 6.45) is 10.7. The number of aryl methyl sites for hydroxylation is 1. The molecule has 1 atom stereocenters. The third-order valence-corrected chi connectivity index (χ3v) is 5.63. The number of rotatable bonds is 5. The summed E-state index contributed by atoms with van der Waals surface area (Å²) in [4.78, 5) is 28.0. The largest absolute Gasteiger partial charge is 0.351 e. The minimum Gasteiger partial charge on any atom is -0.351 e. The van der Waals surface area contributed by atoms with Crippen molar-refractivity contribution in [1.29, 1.82) is 0 Å². The molecule has 1 N–H and O–H groups in total. The molecule has 4 aromatic rings. The highest BCUT2D eigenvalue weighted by molar-refractivity contribution is 5.86. The van der Waals surface area contributed by atoms with Crippen molar-refractivity contribution in [2.75, 3.05) is 11.4 Å². The maximum Gasteiger partial charge on any atom is 0.243 e. The Hall–Kier alpha value is -3.68. The Morgan fingerprint density at radius 3 is 3.00 bits per heavy atom. The van der Waals surface area contributed by atoms with Crippen LogP contribution in [0.3, 0.4) is 0 Å². The number of imidazole rings is 1. The van der Waals surface area contributed by atoms with Gasteiger partial charge in [-0.3, -0.25) is 9.36 Å². The summed E-state index contributed by atoms with van der Waals surface area (Å²) in [7, 11) is 2.03. The summed E-state index contributed by atoms with van der Waals surface area (Å²) >= 11 is 0. The SMILES string of the molecule is Cn1ccc2ccc(CNC(=O)C3CCCN3c3ccnc(-n4ccnc4)n3)cc21. The third kappa shape index (κ3) is 3.41. The van der Waals surface area contributed by atoms with Gasteiger partial charge < -0.3 is 14.8 Å². The Morgan fingerprint density at radius 2 is 2.13 bits per heavy atom. The number of nitrogens with one attached hydrogen (secondary N) is 1. The van der Waals surface area contributed by atoms with Crippen LogP contribution in [0.5, 0.6) is 0 Å². The van der Waals surface area contributed by atoms with Gasteiger partial charge in [-0.05, 0) is 42.0 Å². The second-order valence-electron chi connectivity index (χ2n) is 7.57. The lowest BCUT2D eigenvalue weighted by Gasteiger charge is -2.25. The molecule has 152 valence electrons. The standard InChI is InChI=1S/C22H23N7O/c1-27-11-7-17-5-4-16(13-19(17)27)14-25-21(30)18-3-2-10-29(18)20-6-8-24-22(26-20)28-12-9-23-15-28/h4-9,11-13,15,18H,2-3,10,14H2,1H3,(H,25,30). The van der Waals surface area contributed by atoms with Gasteiger partial charge in [-0.25, -0.2) is 9.97 Å². The molecule has 0 spiro atoms. The molecular formula is C22H23N7O. The number of amides is 1. The summed E-state index contributed by atoms with van der Waals surface area (Å²) in [5.74, 6) is 1.34. The Bertz CT molecular complexity index is 1180. The highest BCUT2D eigenvalue weighted by Gasteiger charge is 2.31. The highest BCUT2D eigenvalue weighted by atomic mass is 16.2. The van der Waals surface area contributed by atoms with Crippen LogP contribution < -0.4 is 10.2 Å². The molecule has 30 heavy (non-hydrogen) atoms. The summed E-state index contributed by atoms with van der Waals surface area (Å²) in [5, 5.41) is 4.31. The number of nitrogens with zero attached hydrogens (tertiary/aromatic N) is 6. The Kier molecular flexibility index (Phi) is 4.66. The van der Waals surface area contributed by atoms with Crippen LogP contribution in [0.25, 0.3) is 16.9 Å². The molecule has 1 amide bonds. The zero-order chi connectivity index (χ0) is 20.5. The highest BCUT2D eigenvalue weighted by Crippen LogP contribution is 2.24. The van der Waals surface area contributed by atoms with Crippen molar-refractivity contribution >= 4 is 22.6 Å². The number of hydrogen-bond donors (Lipinski definition) is 1. The van der Waals surface area contributed by atoms with Crippen molar-refractivity contribution in [3.63, 3.8) is 0 Å². The second-order valence-corrected chi connectivity index (χ2v) is 7.57. The number of hydrogen-bond acceptors (Lipinski definition) is 5. The summed E-state index contributed by atoms with van der Waals surface area (Å²) in [5.41, 5.74) is 2.25. The van der Waals surface area contributed by atoms with Crippen LogP contribution in [0.4, 0.5) is 5.82 Å². The minimum atomic E-state index is -0.227. The number of anilines is 1. The van der Waals surface area contributed by atoms with E-state index in [1.165, 1.54) is 5.39 Å². The van der Waals surface area contributed by atoms with Gasteiger partial charge in [0.05, 0.1) is 0 Å². The predicted octanol–water partition coefficient (Wildman–Crippen LogP) is 2.44. The fourth-order valence-electron chi connectivity index (χ4n) is 4.04. The van der Waals surface area contributed by atoms with Crippen LogP contribution in [0.2, 0.25) is 0 Å². The summed E-state index contributed by atoms with van der Waals surface area (Å²) in [6.45, 7) is 1.31. The van der Waals surface area contributed by atoms with Crippen molar-refractivity contribution in [2.24, 2.45) is 7.05 Å². The summed E-state index contributed by atoms with van der Waals surface area (Å²) in [6, 6.07) is 10.0. The second kappa shape index (κ2) is 7.62. The van der Waals surface area contributed by atoms with Crippen LogP contribution >= 0.6 is 0 Å². The molecule has 1 aromatic carbocycles. The molecule has 1 fully saturated rings. The van der Waals surface area contributed by atoms with Gasteiger partial charge in [0.2, 0.25) is 11.9 Å². The molecule has 1 saturated heterocycles. The van der Waals surface area contributed by atoms with Crippen LogP contribution in [0.1, 0.15) is 18.4 Å². The lowest BCUT2D eigenvalue weighted by atomic mass is 10.1. The first-order valence-corrected chi connectivity index (χ1v) is 10.1. The molecule has 0 radical (unpaired) electrons. The van der Waals surface area contributed by atoms with E-state index >= 15 is 0 Å². The maximum atomic E-state index is 13.0. The third-order valence-electron chi connectivity index (χ3n) is 5.63. The predicted molar refractivity (Wildman–Crippen MR) is 114 cm³/mol. The van der Waals surface area contributed by atoms with Gasteiger partial charge in [0.15, 0.2) is 0 Å². The molecule has 4 heterocycles. The van der Waals surface area contributed by atoms with E-state index in [4.69, 9.17) is 0 Å². The van der Waals surface area contributed by atoms with E-state index in [0.717, 1.165) is 36.3 Å². The first-order valence-electron chi connectivity index (χ1n) is 10.1. The van der Waals surface area contributed by atoms with Gasteiger partial charge in [-0.1, -0.05) is 12.1 Å². The molecule has 8 heteroatoms. The molecule has 0 saturated carbocycles. The molecule has 1 unspecified atom stereocenters. The first-order chi connectivity index (χ1) is 14.7. The van der Waals surface area contributed by atoms with E-state index in [0.29, 0.717) is 12.5 Å². The van der Waals surface area contributed by atoms with Crippen LogP contribution in [0, 0.1) is 0 Å². The van der Waals surface area contributed by atoms with E-state index in [-0.39, 0.29) is 11.9 Å². The molecule has 0 bridgehead atoms. The number of aromatic nitrogens is 5. The van der Waals surface area contributed by atoms with Crippen molar-refractivity contribution in [2.45, 2.75) is 25.4 Å². The van der Waals surface area contributed by atoms with Gasteiger partial charge in [-0.15, -0.1) is 0 Å². The zero-order valence-electron chi connectivity index (χ0n) is 16.8. The van der Waals surface area contributed by atoms with Gasteiger partial charge in [0.25, 0.3) is 0 Å². The Morgan fingerprint density at radius 1 is 1.20 bits per heavy atom. The van der Waals surface area contributed by atoms with Crippen LogP contribution in [-0.4, -0.2) is 42.6 Å². The van der Waals surface area contributed by atoms with E-state index in [1.54, 1.807) is 29.5 Å². The quantitative estimate of drug-likeness (QED) is 0.556. The van der Waals surface area contributed by atoms with Crippen LogP contribution in [-0.2, 0) is 18.4 Å². The van der Waals surface area contributed by atoms with Crippen molar-refractivity contribution in [3.8, 4) is 5.95 Å². The number of fused-ring (bicyclic) bond motifs is 1. The zero-order valence-corrected chi connectivity index (χ0v) is 16.8. The van der Waals surface area contributed by atoms with Gasteiger partial charge in [-0.2, -0.15) is 4.98 Å². The molecule has 5 rings (SSSR count). The van der Waals surface area contributed by atoms with E-state index in [1.807, 2.05) is 19.3 Å². The van der Waals surface area contributed by atoms with Gasteiger partial charge in [0, 0.05) is 50.4 Å². The lowest BCUT2D eigenvalue weighted by Crippen LogP contribution is -2.43. The summed E-state index contributed by atoms with van der Waals surface area (Å²) < 4.78 is 3.85. The molecule has 1 aliphatic heterocycles. The van der Waals surface area contributed by atoms with Crippen molar-refractivity contribution in [1.82, 2.24) is 29.4 Å². The molecule has 1 aliphatic rings. The average molecular weight is 401 g/mol. The van der Waals surface area contributed by atoms with E-state index in [2.05, 4.69) is 54.0 Å². The monoisotopic (exact) mass is 401 g/mol. The maximum absolute atomic E-state index is 13.0. The number of carbonyl (C=O) groups is 1. The molecule has 0 aliphatic carbocycles. The minimum absolute atomic E-state index is 0.0299. The smallest absolute Gasteiger partial charge is 0.243 e. The number of benzene rings is 1. The van der Waals surface area contributed by atoms with Gasteiger partial charge in [0.1, 0.15) is 18.2 Å². The molecule has 8 nitrogen and oxygen atoms in total. The average Bonchev–Trinajstić information content (AvgIpc) is 3.53. The Balaban J connectivity index is 1.30. The number of carbonyl (C=O) groups excluding carboxylic acids is 1. The molecule has 3 aromatic heterocycles. The lowest BCUT2D eigenvalue weighted by molar-refractivity contribution is -0.122. The van der Waals surface area contributed by atoms with Crippen molar-refractivity contribution in [3.05, 3.63) is 67.0 Å². The van der Waals surface area contributed by atoms with Crippen LogP contribution in [0.15, 0.2) is 61.4 Å². The normalized spacial score (nSPS) is 16.3. The van der Waals surface area contributed by atoms with E-state index < -0.39 is 0 Å². The van der Waals surface area contributed by atoms with Crippen molar-refractivity contribution < 1.29 is 4.79 Å². The Labute approximate surface area is 174 Å². The van der Waals surface area contributed by atoms with E-state index in [9.17, 15) is 4.79 Å².